The third-order valence-corrected chi connectivity index (χ3v) is 7.50. The van der Waals surface area contributed by atoms with E-state index in [1.54, 1.807) is 0 Å². The van der Waals surface area contributed by atoms with Crippen molar-refractivity contribution in [2.45, 2.75) is 45.6 Å². The molecule has 5 rings (SSSR count). The second-order valence-electron chi connectivity index (χ2n) is 9.44. The molecule has 1 saturated heterocycles. The molecule has 0 spiro atoms. The largest absolute Gasteiger partial charge is 0.324 e. The molecule has 1 aliphatic heterocycles. The van der Waals surface area contributed by atoms with Crippen LogP contribution in [0.15, 0.2) is 48.5 Å². The number of likely N-dealkylation sites (tertiary alicyclic amines) is 1. The summed E-state index contributed by atoms with van der Waals surface area (Å²) in [5.41, 5.74) is 3.65. The van der Waals surface area contributed by atoms with Gasteiger partial charge in [-0.05, 0) is 67.7 Å². The Bertz CT molecular complexity index is 1020. The van der Waals surface area contributed by atoms with E-state index < -0.39 is 6.04 Å². The van der Waals surface area contributed by atoms with Crippen LogP contribution in [0.3, 0.4) is 0 Å². The summed E-state index contributed by atoms with van der Waals surface area (Å²) in [6.45, 7) is 3.91. The van der Waals surface area contributed by atoms with Crippen molar-refractivity contribution in [3.05, 3.63) is 65.2 Å². The van der Waals surface area contributed by atoms with Gasteiger partial charge in [-0.15, -0.1) is 0 Å². The van der Waals surface area contributed by atoms with E-state index in [9.17, 15) is 14.4 Å². The first-order valence-corrected chi connectivity index (χ1v) is 11.2. The monoisotopic (exact) mass is 416 g/mol. The number of imide groups is 1. The van der Waals surface area contributed by atoms with Crippen molar-refractivity contribution in [3.63, 3.8) is 0 Å². The zero-order valence-corrected chi connectivity index (χ0v) is 18.0. The first kappa shape index (κ1) is 20.0. The third-order valence-electron chi connectivity index (χ3n) is 7.50. The summed E-state index contributed by atoms with van der Waals surface area (Å²) in [5, 5.41) is 3.01. The quantitative estimate of drug-likeness (QED) is 0.752. The molecule has 2 aliphatic carbocycles. The lowest BCUT2D eigenvalue weighted by atomic mass is 9.81. The molecule has 3 aliphatic rings. The lowest BCUT2D eigenvalue weighted by molar-refractivity contribution is -0.147. The van der Waals surface area contributed by atoms with Crippen molar-refractivity contribution < 1.29 is 14.4 Å². The number of aryl methyl sites for hydroxylation is 2. The highest BCUT2D eigenvalue weighted by Crippen LogP contribution is 2.56. The van der Waals surface area contributed by atoms with E-state index in [0.717, 1.165) is 41.6 Å². The fraction of sp³-hybridized carbons (Fsp3) is 0.423. The van der Waals surface area contributed by atoms with Crippen molar-refractivity contribution >= 4 is 23.4 Å². The van der Waals surface area contributed by atoms with E-state index in [4.69, 9.17) is 0 Å². The van der Waals surface area contributed by atoms with Gasteiger partial charge in [-0.3, -0.25) is 19.3 Å². The molecule has 3 fully saturated rings. The summed E-state index contributed by atoms with van der Waals surface area (Å²) in [5.74, 6) is -0.423. The van der Waals surface area contributed by atoms with Crippen LogP contribution < -0.4 is 5.32 Å². The van der Waals surface area contributed by atoms with Crippen LogP contribution in [0, 0.1) is 37.5 Å². The number of nitrogens with zero attached hydrogens (tertiary/aromatic N) is 1. The van der Waals surface area contributed by atoms with Crippen molar-refractivity contribution in [1.29, 1.82) is 0 Å². The highest BCUT2D eigenvalue weighted by molar-refractivity contribution is 6.10. The molecule has 0 radical (unpaired) electrons. The standard InChI is InChI=1S/C26H28N2O3/c1-15-8-9-16(2)20(12-15)27-24(29)21(13-17-6-4-3-5-7-17)28-25(30)22-18-10-11-19(14-18)23(22)26(28)31/h3-9,12,18-19,21-23H,10-11,13-14H2,1-2H3,(H,27,29). The molecular weight excluding hydrogens is 388 g/mol. The van der Waals surface area contributed by atoms with Gasteiger partial charge in [-0.2, -0.15) is 0 Å². The van der Waals surface area contributed by atoms with Gasteiger partial charge in [0, 0.05) is 12.1 Å². The maximum atomic E-state index is 13.5. The minimum Gasteiger partial charge on any atom is -0.324 e. The number of amides is 3. The van der Waals surface area contributed by atoms with Crippen LogP contribution in [0.25, 0.3) is 0 Å². The van der Waals surface area contributed by atoms with Gasteiger partial charge >= 0.3 is 0 Å². The summed E-state index contributed by atoms with van der Waals surface area (Å²) in [7, 11) is 0. The predicted octanol–water partition coefficient (Wildman–Crippen LogP) is 3.88. The topological polar surface area (TPSA) is 66.5 Å². The van der Waals surface area contributed by atoms with E-state index in [0.29, 0.717) is 18.3 Å². The summed E-state index contributed by atoms with van der Waals surface area (Å²) in [6, 6.07) is 14.7. The fourth-order valence-electron chi connectivity index (χ4n) is 5.96. The highest BCUT2D eigenvalue weighted by Gasteiger charge is 2.62. The van der Waals surface area contributed by atoms with Crippen LogP contribution in [0.2, 0.25) is 0 Å². The van der Waals surface area contributed by atoms with Crippen LogP contribution in [-0.2, 0) is 20.8 Å². The highest BCUT2D eigenvalue weighted by atomic mass is 16.2. The molecule has 5 nitrogen and oxygen atoms in total. The molecule has 5 unspecified atom stereocenters. The van der Waals surface area contributed by atoms with Crippen molar-refractivity contribution in [1.82, 2.24) is 4.90 Å². The second-order valence-corrected chi connectivity index (χ2v) is 9.44. The number of benzene rings is 2. The number of fused-ring (bicyclic) bond motifs is 5. The number of nitrogens with one attached hydrogen (secondary N) is 1. The lowest BCUT2D eigenvalue weighted by Crippen LogP contribution is -2.49. The second kappa shape index (κ2) is 7.63. The van der Waals surface area contributed by atoms with Crippen molar-refractivity contribution in [2.75, 3.05) is 5.32 Å². The Morgan fingerprint density at radius 1 is 1.00 bits per heavy atom. The number of rotatable bonds is 5. The SMILES string of the molecule is Cc1ccc(C)c(NC(=O)C(Cc2ccccc2)N2C(=O)C3C4CCC(C4)C3C2=O)c1. The minimum absolute atomic E-state index is 0.140. The molecule has 2 bridgehead atoms. The summed E-state index contributed by atoms with van der Waals surface area (Å²) in [4.78, 5) is 41.7. The Morgan fingerprint density at radius 2 is 1.65 bits per heavy atom. The molecule has 2 saturated carbocycles. The number of anilines is 1. The molecule has 160 valence electrons. The zero-order chi connectivity index (χ0) is 21.7. The normalized spacial score (nSPS) is 27.5. The third kappa shape index (κ3) is 3.36. The van der Waals surface area contributed by atoms with Crippen LogP contribution in [0.5, 0.6) is 0 Å². The van der Waals surface area contributed by atoms with Gasteiger partial charge in [-0.25, -0.2) is 0 Å². The van der Waals surface area contributed by atoms with Crippen LogP contribution in [0.4, 0.5) is 5.69 Å². The zero-order valence-electron chi connectivity index (χ0n) is 18.0. The number of carbonyl (C=O) groups is 3. The van der Waals surface area contributed by atoms with Gasteiger partial charge in [0.1, 0.15) is 6.04 Å². The van der Waals surface area contributed by atoms with Gasteiger partial charge in [0.2, 0.25) is 17.7 Å². The first-order valence-electron chi connectivity index (χ1n) is 11.2. The average Bonchev–Trinajstić information content (AvgIpc) is 3.44. The first-order chi connectivity index (χ1) is 14.9. The summed E-state index contributed by atoms with van der Waals surface area (Å²) < 4.78 is 0. The smallest absolute Gasteiger partial charge is 0.248 e. The Morgan fingerprint density at radius 3 is 2.29 bits per heavy atom. The molecule has 31 heavy (non-hydrogen) atoms. The van der Waals surface area contributed by atoms with Gasteiger partial charge in [0.25, 0.3) is 0 Å². The van der Waals surface area contributed by atoms with E-state index in [-0.39, 0.29) is 29.6 Å². The molecular formula is C26H28N2O3. The number of carbonyl (C=O) groups excluding carboxylic acids is 3. The Hall–Kier alpha value is -2.95. The molecule has 2 aromatic carbocycles. The van der Waals surface area contributed by atoms with E-state index in [1.807, 2.05) is 62.4 Å². The maximum Gasteiger partial charge on any atom is 0.248 e. The van der Waals surface area contributed by atoms with Gasteiger partial charge < -0.3 is 5.32 Å². The number of hydrogen-bond donors (Lipinski definition) is 1. The number of hydrogen-bond acceptors (Lipinski definition) is 3. The molecule has 0 aromatic heterocycles. The van der Waals surface area contributed by atoms with Gasteiger partial charge in [-0.1, -0.05) is 42.5 Å². The summed E-state index contributed by atoms with van der Waals surface area (Å²) >= 11 is 0. The molecule has 1 N–H and O–H groups in total. The Balaban J connectivity index is 1.47. The van der Waals surface area contributed by atoms with Crippen LogP contribution >= 0.6 is 0 Å². The molecule has 5 heteroatoms. The predicted molar refractivity (Wildman–Crippen MR) is 118 cm³/mol. The minimum atomic E-state index is -0.840. The van der Waals surface area contributed by atoms with E-state index in [2.05, 4.69) is 5.32 Å². The Kier molecular flexibility index (Phi) is 4.92. The van der Waals surface area contributed by atoms with Crippen LogP contribution in [0.1, 0.15) is 36.0 Å². The van der Waals surface area contributed by atoms with E-state index >= 15 is 0 Å². The van der Waals surface area contributed by atoms with Crippen molar-refractivity contribution in [3.8, 4) is 0 Å². The van der Waals surface area contributed by atoms with E-state index in [1.165, 1.54) is 4.90 Å². The van der Waals surface area contributed by atoms with Gasteiger partial charge in [0.05, 0.1) is 11.8 Å². The average molecular weight is 417 g/mol. The molecule has 5 atom stereocenters. The summed E-state index contributed by atoms with van der Waals surface area (Å²) in [6.07, 6.45) is 3.36. The fourth-order valence-corrected chi connectivity index (χ4v) is 5.96. The molecule has 3 amide bonds. The van der Waals surface area contributed by atoms with Crippen LogP contribution in [-0.4, -0.2) is 28.7 Å². The maximum absolute atomic E-state index is 13.5. The Labute approximate surface area is 182 Å². The van der Waals surface area contributed by atoms with Crippen molar-refractivity contribution in [2.24, 2.45) is 23.7 Å². The lowest BCUT2D eigenvalue weighted by Gasteiger charge is -2.27. The molecule has 2 aromatic rings. The van der Waals surface area contributed by atoms with Gasteiger partial charge in [0.15, 0.2) is 0 Å². The molecule has 1 heterocycles.